The first-order chi connectivity index (χ1) is 10.6. The smallest absolute Gasteiger partial charge is 0.226 e. The van der Waals surface area contributed by atoms with Gasteiger partial charge in [0, 0.05) is 44.8 Å². The largest absolute Gasteiger partial charge is 0.366 e. The van der Waals surface area contributed by atoms with Gasteiger partial charge in [0.15, 0.2) is 0 Å². The number of carbonyl (C=O) groups excluding carboxylic acids is 2. The maximum Gasteiger partial charge on any atom is 0.226 e. The van der Waals surface area contributed by atoms with Gasteiger partial charge in [0.2, 0.25) is 11.8 Å². The molecule has 1 N–H and O–H groups in total. The summed E-state index contributed by atoms with van der Waals surface area (Å²) in [7, 11) is 0. The van der Waals surface area contributed by atoms with Crippen molar-refractivity contribution in [2.24, 2.45) is 5.92 Å². The zero-order valence-corrected chi connectivity index (χ0v) is 13.2. The standard InChI is InChI=1S/C17H23N3O2/c1-12(20-8-7-14-5-3-4-6-16(14)20)9-18-17(22)15-10-19(11-15)13(2)21/h3-6,12,15H,7-11H2,1-2H3,(H,18,22). The number of benzene rings is 1. The van der Waals surface area contributed by atoms with E-state index in [0.29, 0.717) is 19.6 Å². The highest BCUT2D eigenvalue weighted by atomic mass is 16.2. The molecule has 0 saturated carbocycles. The SMILES string of the molecule is CC(=O)N1CC(C(=O)NCC(C)N2CCc3ccccc32)C1. The van der Waals surface area contributed by atoms with E-state index in [1.54, 1.807) is 11.8 Å². The average Bonchev–Trinajstić information content (AvgIpc) is 2.86. The van der Waals surface area contributed by atoms with Crippen LogP contribution in [0.1, 0.15) is 19.4 Å². The highest BCUT2D eigenvalue weighted by molar-refractivity contribution is 5.83. The Morgan fingerprint density at radius 3 is 2.77 bits per heavy atom. The number of anilines is 1. The van der Waals surface area contributed by atoms with Crippen LogP contribution in [-0.2, 0) is 16.0 Å². The van der Waals surface area contributed by atoms with Crippen molar-refractivity contribution in [3.63, 3.8) is 0 Å². The van der Waals surface area contributed by atoms with Gasteiger partial charge in [0.05, 0.1) is 5.92 Å². The molecule has 118 valence electrons. The van der Waals surface area contributed by atoms with Gasteiger partial charge in [-0.05, 0) is 25.0 Å². The molecular formula is C17H23N3O2. The molecule has 1 aromatic carbocycles. The van der Waals surface area contributed by atoms with Crippen LogP contribution in [0, 0.1) is 5.92 Å². The average molecular weight is 301 g/mol. The van der Waals surface area contributed by atoms with Gasteiger partial charge in [0.1, 0.15) is 0 Å². The van der Waals surface area contributed by atoms with Crippen molar-refractivity contribution in [1.29, 1.82) is 0 Å². The molecular weight excluding hydrogens is 278 g/mol. The lowest BCUT2D eigenvalue weighted by molar-refractivity contribution is -0.141. The summed E-state index contributed by atoms with van der Waals surface area (Å²) in [4.78, 5) is 27.3. The first-order valence-electron chi connectivity index (χ1n) is 7.94. The maximum absolute atomic E-state index is 12.1. The molecule has 22 heavy (non-hydrogen) atoms. The predicted octanol–water partition coefficient (Wildman–Crippen LogP) is 1.03. The number of nitrogens with zero attached hydrogens (tertiary/aromatic N) is 2. The molecule has 5 nitrogen and oxygen atoms in total. The molecule has 2 amide bonds. The second-order valence-corrected chi connectivity index (χ2v) is 6.29. The molecule has 2 aliphatic heterocycles. The van der Waals surface area contributed by atoms with E-state index in [1.807, 2.05) is 0 Å². The van der Waals surface area contributed by atoms with Crippen LogP contribution in [0.3, 0.4) is 0 Å². The summed E-state index contributed by atoms with van der Waals surface area (Å²) < 4.78 is 0. The van der Waals surface area contributed by atoms with Gasteiger partial charge in [0.25, 0.3) is 0 Å². The third-order valence-electron chi connectivity index (χ3n) is 4.72. The molecule has 2 heterocycles. The van der Waals surface area contributed by atoms with Gasteiger partial charge < -0.3 is 15.1 Å². The maximum atomic E-state index is 12.1. The molecule has 3 rings (SSSR count). The summed E-state index contributed by atoms with van der Waals surface area (Å²) in [5, 5.41) is 3.03. The van der Waals surface area contributed by atoms with Crippen molar-refractivity contribution >= 4 is 17.5 Å². The zero-order valence-electron chi connectivity index (χ0n) is 13.2. The van der Waals surface area contributed by atoms with Crippen LogP contribution in [0.25, 0.3) is 0 Å². The minimum Gasteiger partial charge on any atom is -0.366 e. The Labute approximate surface area is 131 Å². The van der Waals surface area contributed by atoms with E-state index in [4.69, 9.17) is 0 Å². The van der Waals surface area contributed by atoms with Crippen molar-refractivity contribution in [1.82, 2.24) is 10.2 Å². The number of fused-ring (bicyclic) bond motifs is 1. The van der Waals surface area contributed by atoms with Crippen LogP contribution in [0.4, 0.5) is 5.69 Å². The lowest BCUT2D eigenvalue weighted by atomic mass is 9.99. The lowest BCUT2D eigenvalue weighted by Gasteiger charge is -2.38. The Bertz CT molecular complexity index is 581. The third-order valence-corrected chi connectivity index (χ3v) is 4.72. The van der Waals surface area contributed by atoms with E-state index in [2.05, 4.69) is 41.4 Å². The summed E-state index contributed by atoms with van der Waals surface area (Å²) in [6.07, 6.45) is 1.07. The molecule has 0 aliphatic carbocycles. The number of likely N-dealkylation sites (tertiary alicyclic amines) is 1. The van der Waals surface area contributed by atoms with E-state index in [0.717, 1.165) is 13.0 Å². The Kier molecular flexibility index (Phi) is 4.05. The normalized spacial score (nSPS) is 18.6. The van der Waals surface area contributed by atoms with Gasteiger partial charge in [-0.15, -0.1) is 0 Å². The Morgan fingerprint density at radius 1 is 1.32 bits per heavy atom. The summed E-state index contributed by atoms with van der Waals surface area (Å²) in [5.74, 6) is 0.0740. The monoisotopic (exact) mass is 301 g/mol. The molecule has 0 radical (unpaired) electrons. The third kappa shape index (κ3) is 2.80. The van der Waals surface area contributed by atoms with E-state index in [-0.39, 0.29) is 23.8 Å². The highest BCUT2D eigenvalue weighted by Gasteiger charge is 2.34. The van der Waals surface area contributed by atoms with Crippen LogP contribution in [-0.4, -0.2) is 48.9 Å². The quantitative estimate of drug-likeness (QED) is 0.904. The number of nitrogens with one attached hydrogen (secondary N) is 1. The van der Waals surface area contributed by atoms with Crippen molar-refractivity contribution in [2.45, 2.75) is 26.3 Å². The van der Waals surface area contributed by atoms with E-state index in [9.17, 15) is 9.59 Å². The molecule has 2 aliphatic rings. The summed E-state index contributed by atoms with van der Waals surface area (Å²) in [5.41, 5.74) is 2.67. The molecule has 1 saturated heterocycles. The fourth-order valence-corrected chi connectivity index (χ4v) is 3.23. The van der Waals surface area contributed by atoms with Crippen LogP contribution in [0.15, 0.2) is 24.3 Å². The number of para-hydroxylation sites is 1. The minimum atomic E-state index is -0.0398. The van der Waals surface area contributed by atoms with Crippen LogP contribution in [0.2, 0.25) is 0 Å². The van der Waals surface area contributed by atoms with Crippen molar-refractivity contribution in [2.75, 3.05) is 31.1 Å². The topological polar surface area (TPSA) is 52.7 Å². The van der Waals surface area contributed by atoms with Crippen LogP contribution < -0.4 is 10.2 Å². The van der Waals surface area contributed by atoms with Gasteiger partial charge in [-0.3, -0.25) is 9.59 Å². The van der Waals surface area contributed by atoms with E-state index in [1.165, 1.54) is 11.3 Å². The highest BCUT2D eigenvalue weighted by Crippen LogP contribution is 2.28. The summed E-state index contributed by atoms with van der Waals surface area (Å²) in [6.45, 7) is 6.46. The number of amides is 2. The van der Waals surface area contributed by atoms with Crippen molar-refractivity contribution in [3.05, 3.63) is 29.8 Å². The lowest BCUT2D eigenvalue weighted by Crippen LogP contribution is -2.56. The molecule has 1 unspecified atom stereocenters. The molecule has 5 heteroatoms. The fraction of sp³-hybridized carbons (Fsp3) is 0.529. The Hall–Kier alpha value is -2.04. The molecule has 0 bridgehead atoms. The molecule has 0 spiro atoms. The second-order valence-electron chi connectivity index (χ2n) is 6.29. The Morgan fingerprint density at radius 2 is 2.05 bits per heavy atom. The summed E-state index contributed by atoms with van der Waals surface area (Å²) >= 11 is 0. The first kappa shape index (κ1) is 14.9. The van der Waals surface area contributed by atoms with E-state index >= 15 is 0 Å². The molecule has 0 aromatic heterocycles. The van der Waals surface area contributed by atoms with Crippen molar-refractivity contribution < 1.29 is 9.59 Å². The molecule has 1 fully saturated rings. The zero-order chi connectivity index (χ0) is 15.7. The molecule has 1 aromatic rings. The summed E-state index contributed by atoms with van der Waals surface area (Å²) in [6, 6.07) is 8.73. The minimum absolute atomic E-state index is 0.0398. The number of hydrogen-bond acceptors (Lipinski definition) is 3. The van der Waals surface area contributed by atoms with Crippen LogP contribution >= 0.6 is 0 Å². The number of carbonyl (C=O) groups is 2. The van der Waals surface area contributed by atoms with Gasteiger partial charge in [-0.25, -0.2) is 0 Å². The van der Waals surface area contributed by atoms with Gasteiger partial charge in [-0.2, -0.15) is 0 Å². The first-order valence-corrected chi connectivity index (χ1v) is 7.94. The van der Waals surface area contributed by atoms with E-state index < -0.39 is 0 Å². The van der Waals surface area contributed by atoms with Crippen LogP contribution in [0.5, 0.6) is 0 Å². The Balaban J connectivity index is 1.48. The van der Waals surface area contributed by atoms with Gasteiger partial charge >= 0.3 is 0 Å². The predicted molar refractivity (Wildman–Crippen MR) is 85.7 cm³/mol. The number of rotatable bonds is 4. The fourth-order valence-electron chi connectivity index (χ4n) is 3.23. The van der Waals surface area contributed by atoms with Crippen molar-refractivity contribution in [3.8, 4) is 0 Å². The second kappa shape index (κ2) is 5.99. The number of hydrogen-bond donors (Lipinski definition) is 1. The van der Waals surface area contributed by atoms with Gasteiger partial charge in [-0.1, -0.05) is 18.2 Å². The molecule has 1 atom stereocenters.